The lowest BCUT2D eigenvalue weighted by atomic mass is 10.0. The molecule has 0 unspecified atom stereocenters. The normalized spacial score (nSPS) is 13.9. The summed E-state index contributed by atoms with van der Waals surface area (Å²) in [7, 11) is 0. The molecule has 4 heteroatoms. The van der Waals surface area contributed by atoms with Gasteiger partial charge in [0.15, 0.2) is 0 Å². The molecule has 3 nitrogen and oxygen atoms in total. The van der Waals surface area contributed by atoms with E-state index in [1.807, 2.05) is 31.8 Å². The fraction of sp³-hybridized carbons (Fsp3) is 0.444. The van der Waals surface area contributed by atoms with Gasteiger partial charge in [-0.3, -0.25) is 0 Å². The molecule has 2 aromatic rings. The molecule has 1 heterocycles. The highest BCUT2D eigenvalue weighted by atomic mass is 32.2. The summed E-state index contributed by atoms with van der Waals surface area (Å²) in [5, 5.41) is 3.64. The first kappa shape index (κ1) is 17.0. The molecule has 2 rings (SSSR count). The van der Waals surface area contributed by atoms with Gasteiger partial charge in [-0.1, -0.05) is 19.1 Å². The van der Waals surface area contributed by atoms with Gasteiger partial charge in [0.2, 0.25) is 0 Å². The minimum atomic E-state index is 0.222. The molecule has 0 aliphatic rings. The second-order valence-corrected chi connectivity index (χ2v) is 6.91. The van der Waals surface area contributed by atoms with Crippen molar-refractivity contribution in [3.8, 4) is 0 Å². The Labute approximate surface area is 138 Å². The Bertz CT molecular complexity index is 610. The molecule has 0 bridgehead atoms. The zero-order chi connectivity index (χ0) is 16.1. The highest BCUT2D eigenvalue weighted by Gasteiger charge is 2.14. The summed E-state index contributed by atoms with van der Waals surface area (Å²) < 4.78 is 0. The lowest BCUT2D eigenvalue weighted by Crippen LogP contribution is -2.23. The Kier molecular flexibility index (Phi) is 5.98. The maximum Gasteiger partial charge on any atom is 0.125 e. The van der Waals surface area contributed by atoms with Crippen LogP contribution in [-0.2, 0) is 0 Å². The zero-order valence-electron chi connectivity index (χ0n) is 14.1. The van der Waals surface area contributed by atoms with Crippen molar-refractivity contribution in [2.45, 2.75) is 51.6 Å². The second kappa shape index (κ2) is 7.75. The summed E-state index contributed by atoms with van der Waals surface area (Å²) in [6.45, 7) is 10.5. The van der Waals surface area contributed by atoms with Gasteiger partial charge in [-0.15, -0.1) is 11.8 Å². The van der Waals surface area contributed by atoms with E-state index in [0.717, 1.165) is 22.8 Å². The Morgan fingerprint density at radius 1 is 1.09 bits per heavy atom. The molecule has 1 N–H and O–H groups in total. The highest BCUT2D eigenvalue weighted by Crippen LogP contribution is 2.23. The van der Waals surface area contributed by atoms with Crippen LogP contribution >= 0.6 is 11.8 Å². The third-order valence-electron chi connectivity index (χ3n) is 3.80. The molecule has 2 atom stereocenters. The van der Waals surface area contributed by atoms with Crippen molar-refractivity contribution in [1.29, 1.82) is 0 Å². The first-order chi connectivity index (χ1) is 10.5. The number of rotatable bonds is 6. The molecule has 0 amide bonds. The van der Waals surface area contributed by atoms with Crippen LogP contribution in [-0.4, -0.2) is 15.7 Å². The third-order valence-corrected chi connectivity index (χ3v) is 4.69. The molecular weight excluding hydrogens is 290 g/mol. The van der Waals surface area contributed by atoms with Gasteiger partial charge in [0.25, 0.3) is 0 Å². The van der Waals surface area contributed by atoms with E-state index < -0.39 is 0 Å². The summed E-state index contributed by atoms with van der Waals surface area (Å²) in [5.41, 5.74) is 3.52. The average Bonchev–Trinajstić information content (AvgIpc) is 2.48. The number of thioether (sulfide) groups is 1. The number of aryl methyl sites for hydroxylation is 2. The van der Waals surface area contributed by atoms with Gasteiger partial charge < -0.3 is 5.32 Å². The number of benzene rings is 1. The van der Waals surface area contributed by atoms with E-state index in [4.69, 9.17) is 0 Å². The Hall–Kier alpha value is -1.39. The van der Waals surface area contributed by atoms with Crippen LogP contribution in [0.25, 0.3) is 0 Å². The quantitative estimate of drug-likeness (QED) is 0.790. The van der Waals surface area contributed by atoms with E-state index in [1.165, 1.54) is 10.5 Å². The zero-order valence-corrected chi connectivity index (χ0v) is 14.9. The Morgan fingerprint density at radius 3 is 2.36 bits per heavy atom. The largest absolute Gasteiger partial charge is 0.304 e. The van der Waals surface area contributed by atoms with Crippen molar-refractivity contribution in [3.05, 3.63) is 53.1 Å². The first-order valence-electron chi connectivity index (χ1n) is 7.80. The summed E-state index contributed by atoms with van der Waals surface area (Å²) in [6, 6.07) is 9.33. The molecule has 0 fully saturated rings. The van der Waals surface area contributed by atoms with Crippen LogP contribution in [0.5, 0.6) is 0 Å². The second-order valence-electron chi connectivity index (χ2n) is 5.57. The third kappa shape index (κ3) is 4.31. The standard InChI is InChI=1S/C18H25N3S/c1-6-22-17-9-7-16(8-10-17)12(2)20-13(3)18-11-19-15(5)21-14(18)4/h7-13,20H,6H2,1-5H3/t12-,13+/m0/s1. The van der Waals surface area contributed by atoms with E-state index in [9.17, 15) is 0 Å². The monoisotopic (exact) mass is 315 g/mol. The number of hydrogen-bond donors (Lipinski definition) is 1. The number of aromatic nitrogens is 2. The SMILES string of the molecule is CCSc1ccc([C@H](C)N[C@H](C)c2cnc(C)nc2C)cc1. The molecule has 0 saturated heterocycles. The van der Waals surface area contributed by atoms with Crippen molar-refractivity contribution >= 4 is 11.8 Å². The topological polar surface area (TPSA) is 37.8 Å². The van der Waals surface area contributed by atoms with Gasteiger partial charge in [0, 0.05) is 34.4 Å². The van der Waals surface area contributed by atoms with Crippen molar-refractivity contribution in [2.75, 3.05) is 5.75 Å². The Morgan fingerprint density at radius 2 is 1.77 bits per heavy atom. The maximum atomic E-state index is 4.45. The molecule has 1 aromatic heterocycles. The Balaban J connectivity index is 2.05. The van der Waals surface area contributed by atoms with Gasteiger partial charge in [-0.05, 0) is 51.1 Å². The van der Waals surface area contributed by atoms with E-state index in [2.05, 4.69) is 60.3 Å². The summed E-state index contributed by atoms with van der Waals surface area (Å²) in [4.78, 5) is 10.1. The van der Waals surface area contributed by atoms with Crippen LogP contribution in [0, 0.1) is 13.8 Å². The molecule has 0 saturated carbocycles. The predicted octanol–water partition coefficient (Wildman–Crippen LogP) is 4.62. The van der Waals surface area contributed by atoms with Gasteiger partial charge in [-0.2, -0.15) is 0 Å². The minimum absolute atomic E-state index is 0.222. The fourth-order valence-electron chi connectivity index (χ4n) is 2.60. The minimum Gasteiger partial charge on any atom is -0.304 e. The van der Waals surface area contributed by atoms with Crippen LogP contribution in [0.15, 0.2) is 35.4 Å². The van der Waals surface area contributed by atoms with Gasteiger partial charge in [0.1, 0.15) is 5.82 Å². The lowest BCUT2D eigenvalue weighted by molar-refractivity contribution is 0.490. The van der Waals surface area contributed by atoms with Crippen molar-refractivity contribution in [3.63, 3.8) is 0 Å². The van der Waals surface area contributed by atoms with Crippen molar-refractivity contribution in [1.82, 2.24) is 15.3 Å². The summed E-state index contributed by atoms with van der Waals surface area (Å²) >= 11 is 1.87. The molecule has 22 heavy (non-hydrogen) atoms. The van der Waals surface area contributed by atoms with Crippen LogP contribution in [0.3, 0.4) is 0 Å². The van der Waals surface area contributed by atoms with Gasteiger partial charge in [-0.25, -0.2) is 9.97 Å². The number of hydrogen-bond acceptors (Lipinski definition) is 4. The highest BCUT2D eigenvalue weighted by molar-refractivity contribution is 7.99. The molecular formula is C18H25N3S. The van der Waals surface area contributed by atoms with Crippen LogP contribution < -0.4 is 5.32 Å². The molecule has 0 radical (unpaired) electrons. The molecule has 1 aromatic carbocycles. The van der Waals surface area contributed by atoms with Crippen LogP contribution in [0.4, 0.5) is 0 Å². The van der Waals surface area contributed by atoms with Crippen molar-refractivity contribution < 1.29 is 0 Å². The first-order valence-corrected chi connectivity index (χ1v) is 8.78. The molecule has 0 spiro atoms. The van der Waals surface area contributed by atoms with Crippen LogP contribution in [0.2, 0.25) is 0 Å². The van der Waals surface area contributed by atoms with E-state index in [-0.39, 0.29) is 12.1 Å². The smallest absolute Gasteiger partial charge is 0.125 e. The molecule has 118 valence electrons. The fourth-order valence-corrected chi connectivity index (χ4v) is 3.26. The van der Waals surface area contributed by atoms with E-state index in [1.54, 1.807) is 0 Å². The van der Waals surface area contributed by atoms with Gasteiger partial charge in [0.05, 0.1) is 0 Å². The molecule has 0 aliphatic heterocycles. The lowest BCUT2D eigenvalue weighted by Gasteiger charge is -2.21. The average molecular weight is 315 g/mol. The van der Waals surface area contributed by atoms with Gasteiger partial charge >= 0.3 is 0 Å². The van der Waals surface area contributed by atoms with Crippen molar-refractivity contribution in [2.24, 2.45) is 0 Å². The summed E-state index contributed by atoms with van der Waals surface area (Å²) in [6.07, 6.45) is 1.93. The van der Waals surface area contributed by atoms with Crippen LogP contribution in [0.1, 0.15) is 55.5 Å². The van der Waals surface area contributed by atoms with E-state index in [0.29, 0.717) is 0 Å². The van der Waals surface area contributed by atoms with E-state index >= 15 is 0 Å². The molecule has 0 aliphatic carbocycles. The number of nitrogens with zero attached hydrogens (tertiary/aromatic N) is 2. The predicted molar refractivity (Wildman–Crippen MR) is 94.3 cm³/mol. The summed E-state index contributed by atoms with van der Waals surface area (Å²) in [5.74, 6) is 1.93. The maximum absolute atomic E-state index is 4.45. The number of nitrogens with one attached hydrogen (secondary N) is 1.